The number of aromatic nitrogens is 2. The van der Waals surface area contributed by atoms with E-state index in [1.54, 1.807) is 25.3 Å². The minimum absolute atomic E-state index is 0.0254. The SMILES string of the molecule is COc1cc(/C=N/NC(=O)Cc2nnc(NC(=O)c3ccccc3C)s2)cc(I)c1OCc1ccccc1. The molecule has 0 spiro atoms. The van der Waals surface area contributed by atoms with Crippen LogP contribution in [0, 0.1) is 10.5 Å². The van der Waals surface area contributed by atoms with E-state index in [1.165, 1.54) is 6.21 Å². The number of amides is 2. The number of carbonyl (C=O) groups is 2. The number of hydrazone groups is 1. The van der Waals surface area contributed by atoms with E-state index in [0.717, 1.165) is 31.6 Å². The average molecular weight is 641 g/mol. The number of nitrogens with zero attached hydrogens (tertiary/aromatic N) is 3. The first-order chi connectivity index (χ1) is 18.4. The molecule has 1 heterocycles. The predicted molar refractivity (Wildman–Crippen MR) is 155 cm³/mol. The molecule has 11 heteroatoms. The number of hydrogen-bond acceptors (Lipinski definition) is 8. The van der Waals surface area contributed by atoms with Gasteiger partial charge in [0.25, 0.3) is 5.91 Å². The minimum atomic E-state index is -0.362. The Kier molecular flexibility index (Phi) is 9.38. The molecule has 0 bridgehead atoms. The lowest BCUT2D eigenvalue weighted by Gasteiger charge is -2.13. The second-order valence-electron chi connectivity index (χ2n) is 8.05. The standard InChI is InChI=1S/C27H24IN5O4S/c1-17-8-6-7-11-20(17)26(35)30-27-33-32-24(38-27)14-23(34)31-29-15-19-12-21(28)25(22(13-19)36-2)37-16-18-9-4-3-5-10-18/h3-13,15H,14,16H2,1-2H3,(H,31,34)(H,30,33,35)/b29-15+. The summed E-state index contributed by atoms with van der Waals surface area (Å²) in [5.41, 5.74) is 5.68. The van der Waals surface area contributed by atoms with Crippen LogP contribution in [0.1, 0.15) is 32.1 Å². The molecule has 0 unspecified atom stereocenters. The Hall–Kier alpha value is -3.84. The molecule has 4 aromatic rings. The zero-order valence-electron chi connectivity index (χ0n) is 20.6. The van der Waals surface area contributed by atoms with Crippen molar-refractivity contribution in [2.75, 3.05) is 12.4 Å². The van der Waals surface area contributed by atoms with Crippen molar-refractivity contribution in [1.29, 1.82) is 0 Å². The maximum absolute atomic E-state index is 12.4. The Balaban J connectivity index is 1.31. The third kappa shape index (κ3) is 7.35. The van der Waals surface area contributed by atoms with Gasteiger partial charge in [-0.25, -0.2) is 5.43 Å². The fourth-order valence-electron chi connectivity index (χ4n) is 3.41. The van der Waals surface area contributed by atoms with Gasteiger partial charge in [-0.15, -0.1) is 10.2 Å². The van der Waals surface area contributed by atoms with Crippen LogP contribution in [0.2, 0.25) is 0 Å². The van der Waals surface area contributed by atoms with Gasteiger partial charge in [0.15, 0.2) is 11.5 Å². The summed E-state index contributed by atoms with van der Waals surface area (Å²) < 4.78 is 12.3. The van der Waals surface area contributed by atoms with Crippen molar-refractivity contribution in [2.24, 2.45) is 5.10 Å². The predicted octanol–water partition coefficient (Wildman–Crippen LogP) is 4.98. The molecule has 2 N–H and O–H groups in total. The van der Waals surface area contributed by atoms with Crippen molar-refractivity contribution < 1.29 is 19.1 Å². The molecule has 0 radical (unpaired) electrons. The van der Waals surface area contributed by atoms with Gasteiger partial charge >= 0.3 is 0 Å². The number of ether oxygens (including phenoxy) is 2. The molecule has 0 atom stereocenters. The van der Waals surface area contributed by atoms with Crippen molar-refractivity contribution >= 4 is 57.1 Å². The Labute approximate surface area is 237 Å². The van der Waals surface area contributed by atoms with E-state index in [2.05, 4.69) is 48.6 Å². The molecular weight excluding hydrogens is 617 g/mol. The van der Waals surface area contributed by atoms with E-state index >= 15 is 0 Å². The Morgan fingerprint density at radius 3 is 2.61 bits per heavy atom. The molecule has 4 rings (SSSR count). The average Bonchev–Trinajstić information content (AvgIpc) is 3.34. The monoisotopic (exact) mass is 641 g/mol. The van der Waals surface area contributed by atoms with Gasteiger partial charge in [0, 0.05) is 5.56 Å². The van der Waals surface area contributed by atoms with Gasteiger partial charge in [-0.05, 0) is 64.4 Å². The molecule has 0 aliphatic carbocycles. The van der Waals surface area contributed by atoms with Crippen molar-refractivity contribution in [3.05, 3.63) is 97.6 Å². The van der Waals surface area contributed by atoms with Crippen LogP contribution in [0.4, 0.5) is 5.13 Å². The van der Waals surface area contributed by atoms with Gasteiger partial charge in [-0.1, -0.05) is 59.9 Å². The number of anilines is 1. The lowest BCUT2D eigenvalue weighted by atomic mass is 10.1. The van der Waals surface area contributed by atoms with Crippen LogP contribution in [-0.4, -0.2) is 35.3 Å². The van der Waals surface area contributed by atoms with E-state index in [1.807, 2.05) is 55.5 Å². The van der Waals surface area contributed by atoms with Crippen molar-refractivity contribution in [3.8, 4) is 11.5 Å². The lowest BCUT2D eigenvalue weighted by molar-refractivity contribution is -0.120. The number of aryl methyl sites for hydroxylation is 1. The molecule has 2 amide bonds. The first kappa shape index (κ1) is 27.2. The summed E-state index contributed by atoms with van der Waals surface area (Å²) in [7, 11) is 1.57. The van der Waals surface area contributed by atoms with E-state index in [4.69, 9.17) is 9.47 Å². The van der Waals surface area contributed by atoms with Crippen LogP contribution in [0.3, 0.4) is 0 Å². The summed E-state index contributed by atoms with van der Waals surface area (Å²) in [6, 6.07) is 20.8. The van der Waals surface area contributed by atoms with Crippen molar-refractivity contribution in [2.45, 2.75) is 20.0 Å². The van der Waals surface area contributed by atoms with Gasteiger partial charge in [0.05, 0.1) is 23.3 Å². The first-order valence-electron chi connectivity index (χ1n) is 11.5. The quantitative estimate of drug-likeness (QED) is 0.143. The second kappa shape index (κ2) is 13.1. The topological polar surface area (TPSA) is 115 Å². The first-order valence-corrected chi connectivity index (χ1v) is 13.4. The molecule has 38 heavy (non-hydrogen) atoms. The molecule has 0 aliphatic heterocycles. The highest BCUT2D eigenvalue weighted by atomic mass is 127. The van der Waals surface area contributed by atoms with Crippen LogP contribution in [-0.2, 0) is 17.8 Å². The Morgan fingerprint density at radius 2 is 1.84 bits per heavy atom. The maximum Gasteiger partial charge on any atom is 0.257 e. The molecule has 0 fully saturated rings. The number of carbonyl (C=O) groups excluding carboxylic acids is 2. The summed E-state index contributed by atoms with van der Waals surface area (Å²) in [4.78, 5) is 24.8. The number of hydrogen-bond donors (Lipinski definition) is 2. The fraction of sp³-hybridized carbons (Fsp3) is 0.148. The van der Waals surface area contributed by atoms with Crippen LogP contribution >= 0.6 is 33.9 Å². The largest absolute Gasteiger partial charge is 0.493 e. The highest BCUT2D eigenvalue weighted by Gasteiger charge is 2.14. The molecule has 194 valence electrons. The summed E-state index contributed by atoms with van der Waals surface area (Å²) in [6.45, 7) is 2.27. The number of rotatable bonds is 10. The molecule has 0 saturated heterocycles. The van der Waals surface area contributed by atoms with Crippen LogP contribution < -0.4 is 20.2 Å². The van der Waals surface area contributed by atoms with Gasteiger partial charge < -0.3 is 9.47 Å². The minimum Gasteiger partial charge on any atom is -0.493 e. The number of methoxy groups -OCH3 is 1. The van der Waals surface area contributed by atoms with Crippen molar-refractivity contribution in [3.63, 3.8) is 0 Å². The molecule has 0 saturated carbocycles. The Morgan fingerprint density at radius 1 is 1.08 bits per heavy atom. The van der Waals surface area contributed by atoms with Gasteiger partial charge in [0.2, 0.25) is 11.0 Å². The molecule has 9 nitrogen and oxygen atoms in total. The van der Waals surface area contributed by atoms with Gasteiger partial charge in [-0.2, -0.15) is 5.10 Å². The fourth-order valence-corrected chi connectivity index (χ4v) is 4.92. The third-order valence-corrected chi connectivity index (χ3v) is 6.91. The van der Waals surface area contributed by atoms with E-state index in [0.29, 0.717) is 33.8 Å². The number of benzene rings is 3. The highest BCUT2D eigenvalue weighted by molar-refractivity contribution is 14.1. The summed E-state index contributed by atoms with van der Waals surface area (Å²) in [5.74, 6) is 0.564. The molecule has 0 aliphatic rings. The van der Waals surface area contributed by atoms with Gasteiger partial charge in [0.1, 0.15) is 11.6 Å². The van der Waals surface area contributed by atoms with Crippen LogP contribution in [0.15, 0.2) is 71.8 Å². The zero-order valence-corrected chi connectivity index (χ0v) is 23.6. The zero-order chi connectivity index (χ0) is 26.9. The van der Waals surface area contributed by atoms with Crippen molar-refractivity contribution in [1.82, 2.24) is 15.6 Å². The smallest absolute Gasteiger partial charge is 0.257 e. The normalized spacial score (nSPS) is 10.8. The number of halogens is 1. The summed E-state index contributed by atoms with van der Waals surface area (Å²) in [6.07, 6.45) is 1.50. The second-order valence-corrected chi connectivity index (χ2v) is 10.3. The van der Waals surface area contributed by atoms with Crippen LogP contribution in [0.25, 0.3) is 0 Å². The number of nitrogens with one attached hydrogen (secondary N) is 2. The van der Waals surface area contributed by atoms with E-state index in [9.17, 15) is 9.59 Å². The summed E-state index contributed by atoms with van der Waals surface area (Å²) >= 11 is 3.31. The summed E-state index contributed by atoms with van der Waals surface area (Å²) in [5, 5.41) is 15.5. The van der Waals surface area contributed by atoms with E-state index in [-0.39, 0.29) is 18.2 Å². The molecular formula is C27H24IN5O4S. The maximum atomic E-state index is 12.4. The Bertz CT molecular complexity index is 1460. The van der Waals surface area contributed by atoms with Crippen LogP contribution in [0.5, 0.6) is 11.5 Å². The third-order valence-electron chi connectivity index (χ3n) is 5.27. The van der Waals surface area contributed by atoms with E-state index < -0.39 is 0 Å². The molecule has 1 aromatic heterocycles. The van der Waals surface area contributed by atoms with Gasteiger partial charge in [-0.3, -0.25) is 14.9 Å². The highest BCUT2D eigenvalue weighted by Crippen LogP contribution is 2.34. The lowest BCUT2D eigenvalue weighted by Crippen LogP contribution is -2.19. The molecule has 3 aromatic carbocycles.